The lowest BCUT2D eigenvalue weighted by atomic mass is 9.96. The van der Waals surface area contributed by atoms with Crippen molar-refractivity contribution in [2.75, 3.05) is 0 Å². The first-order valence-corrected chi connectivity index (χ1v) is 4.64. The lowest BCUT2D eigenvalue weighted by Crippen LogP contribution is -2.26. The summed E-state index contributed by atoms with van der Waals surface area (Å²) in [6.07, 6.45) is -0.935. The summed E-state index contributed by atoms with van der Waals surface area (Å²) in [5, 5.41) is 9.72. The summed E-state index contributed by atoms with van der Waals surface area (Å²) in [5.41, 5.74) is 7.13. The number of rotatable bonds is 2. The van der Waals surface area contributed by atoms with Crippen molar-refractivity contribution in [2.24, 2.45) is 5.73 Å². The van der Waals surface area contributed by atoms with Crippen LogP contribution in [0.5, 0.6) is 0 Å². The average Bonchev–Trinajstić information content (AvgIpc) is 2.12. The van der Waals surface area contributed by atoms with Crippen LogP contribution in [-0.2, 0) is 0 Å². The molecule has 0 aliphatic carbocycles. The standard InChI is InChI=1S/C11H16FNO/c1-6-4-5-7(2)10(12)9(6)11(14)8(3)13/h4-5,8,11,14H,13H2,1-3H3. The maximum atomic E-state index is 13.7. The molecule has 0 spiro atoms. The molecular weight excluding hydrogens is 181 g/mol. The summed E-state index contributed by atoms with van der Waals surface area (Å²) >= 11 is 0. The summed E-state index contributed by atoms with van der Waals surface area (Å²) in [4.78, 5) is 0. The van der Waals surface area contributed by atoms with Crippen molar-refractivity contribution >= 4 is 0 Å². The van der Waals surface area contributed by atoms with Crippen LogP contribution in [0.3, 0.4) is 0 Å². The maximum Gasteiger partial charge on any atom is 0.132 e. The molecular formula is C11H16FNO. The summed E-state index contributed by atoms with van der Waals surface area (Å²) in [5.74, 6) is -0.352. The molecule has 1 aromatic rings. The van der Waals surface area contributed by atoms with Crippen molar-refractivity contribution in [2.45, 2.75) is 32.9 Å². The number of aliphatic hydroxyl groups excluding tert-OH is 1. The first-order chi connectivity index (χ1) is 6.45. The molecule has 0 aliphatic rings. The highest BCUT2D eigenvalue weighted by Crippen LogP contribution is 2.25. The van der Waals surface area contributed by atoms with Crippen molar-refractivity contribution in [1.82, 2.24) is 0 Å². The lowest BCUT2D eigenvalue weighted by Gasteiger charge is -2.18. The monoisotopic (exact) mass is 197 g/mol. The lowest BCUT2D eigenvalue weighted by molar-refractivity contribution is 0.148. The van der Waals surface area contributed by atoms with Crippen LogP contribution in [0.15, 0.2) is 12.1 Å². The number of halogens is 1. The van der Waals surface area contributed by atoms with E-state index in [4.69, 9.17) is 5.73 Å². The molecule has 78 valence electrons. The van der Waals surface area contributed by atoms with Crippen LogP contribution in [0.2, 0.25) is 0 Å². The second kappa shape index (κ2) is 4.07. The minimum atomic E-state index is -0.935. The summed E-state index contributed by atoms with van der Waals surface area (Å²) in [6.45, 7) is 5.10. The molecule has 3 heteroatoms. The van der Waals surface area contributed by atoms with Gasteiger partial charge in [-0.3, -0.25) is 0 Å². The quantitative estimate of drug-likeness (QED) is 0.759. The number of aryl methyl sites for hydroxylation is 2. The van der Waals surface area contributed by atoms with Gasteiger partial charge in [0.1, 0.15) is 5.82 Å². The van der Waals surface area contributed by atoms with Crippen molar-refractivity contribution in [1.29, 1.82) is 0 Å². The molecule has 0 aliphatic heterocycles. The van der Waals surface area contributed by atoms with Crippen LogP contribution in [-0.4, -0.2) is 11.1 Å². The van der Waals surface area contributed by atoms with Crippen LogP contribution in [0.4, 0.5) is 4.39 Å². The van der Waals surface area contributed by atoms with Crippen LogP contribution in [0, 0.1) is 19.7 Å². The molecule has 14 heavy (non-hydrogen) atoms. The van der Waals surface area contributed by atoms with Crippen LogP contribution in [0.1, 0.15) is 29.7 Å². The zero-order chi connectivity index (χ0) is 10.9. The first kappa shape index (κ1) is 11.1. The van der Waals surface area contributed by atoms with Gasteiger partial charge in [0.25, 0.3) is 0 Å². The number of hydrogen-bond acceptors (Lipinski definition) is 2. The third-order valence-electron chi connectivity index (χ3n) is 2.38. The highest BCUT2D eigenvalue weighted by Gasteiger charge is 2.19. The molecule has 2 atom stereocenters. The van der Waals surface area contributed by atoms with E-state index in [0.717, 1.165) is 5.56 Å². The fourth-order valence-corrected chi connectivity index (χ4v) is 1.42. The van der Waals surface area contributed by atoms with Crippen LogP contribution in [0.25, 0.3) is 0 Å². The van der Waals surface area contributed by atoms with Gasteiger partial charge in [0.05, 0.1) is 6.10 Å². The van der Waals surface area contributed by atoms with E-state index in [1.54, 1.807) is 32.9 Å². The van der Waals surface area contributed by atoms with E-state index < -0.39 is 12.1 Å². The number of nitrogens with two attached hydrogens (primary N) is 1. The molecule has 0 fully saturated rings. The average molecular weight is 197 g/mol. The van der Waals surface area contributed by atoms with E-state index in [1.807, 2.05) is 0 Å². The van der Waals surface area contributed by atoms with E-state index in [0.29, 0.717) is 11.1 Å². The molecule has 0 aromatic heterocycles. The Morgan fingerprint density at radius 1 is 1.29 bits per heavy atom. The highest BCUT2D eigenvalue weighted by atomic mass is 19.1. The molecule has 0 bridgehead atoms. The van der Waals surface area contributed by atoms with Crippen molar-refractivity contribution in [3.8, 4) is 0 Å². The largest absolute Gasteiger partial charge is 0.387 e. The highest BCUT2D eigenvalue weighted by molar-refractivity contribution is 5.34. The Balaban J connectivity index is 3.25. The molecule has 1 rings (SSSR count). The number of hydrogen-bond donors (Lipinski definition) is 2. The summed E-state index contributed by atoms with van der Waals surface area (Å²) in [7, 11) is 0. The van der Waals surface area contributed by atoms with E-state index in [1.165, 1.54) is 0 Å². The Labute approximate surface area is 83.6 Å². The predicted octanol–water partition coefficient (Wildman–Crippen LogP) is 1.82. The first-order valence-electron chi connectivity index (χ1n) is 4.64. The third-order valence-corrected chi connectivity index (χ3v) is 2.38. The number of benzene rings is 1. The number of aliphatic hydroxyl groups is 1. The Bertz CT molecular complexity index is 336. The molecule has 2 nitrogen and oxygen atoms in total. The van der Waals surface area contributed by atoms with Gasteiger partial charge >= 0.3 is 0 Å². The van der Waals surface area contributed by atoms with Crippen LogP contribution < -0.4 is 5.73 Å². The topological polar surface area (TPSA) is 46.2 Å². The smallest absolute Gasteiger partial charge is 0.132 e. The fourth-order valence-electron chi connectivity index (χ4n) is 1.42. The van der Waals surface area contributed by atoms with Gasteiger partial charge in [-0.25, -0.2) is 4.39 Å². The maximum absolute atomic E-state index is 13.7. The van der Waals surface area contributed by atoms with Gasteiger partial charge in [-0.05, 0) is 31.9 Å². The van der Waals surface area contributed by atoms with Gasteiger partial charge in [-0.2, -0.15) is 0 Å². The summed E-state index contributed by atoms with van der Waals surface area (Å²) < 4.78 is 13.7. The minimum Gasteiger partial charge on any atom is -0.387 e. The molecule has 0 heterocycles. The molecule has 0 amide bonds. The zero-order valence-electron chi connectivity index (χ0n) is 8.71. The van der Waals surface area contributed by atoms with Crippen molar-refractivity contribution in [3.05, 3.63) is 34.6 Å². The minimum absolute atomic E-state index is 0.319. The van der Waals surface area contributed by atoms with E-state index >= 15 is 0 Å². The van der Waals surface area contributed by atoms with Gasteiger partial charge in [-0.1, -0.05) is 12.1 Å². The van der Waals surface area contributed by atoms with Crippen LogP contribution >= 0.6 is 0 Å². The normalized spacial score (nSPS) is 15.3. The summed E-state index contributed by atoms with van der Waals surface area (Å²) in [6, 6.07) is 3.02. The predicted molar refractivity (Wildman–Crippen MR) is 54.5 cm³/mol. The van der Waals surface area contributed by atoms with E-state index in [2.05, 4.69) is 0 Å². The second-order valence-electron chi connectivity index (χ2n) is 3.73. The van der Waals surface area contributed by atoms with Gasteiger partial charge < -0.3 is 10.8 Å². The van der Waals surface area contributed by atoms with Gasteiger partial charge in [-0.15, -0.1) is 0 Å². The third kappa shape index (κ3) is 1.94. The fraction of sp³-hybridized carbons (Fsp3) is 0.455. The van der Waals surface area contributed by atoms with Gasteiger partial charge in [0.2, 0.25) is 0 Å². The van der Waals surface area contributed by atoms with Crippen molar-refractivity contribution in [3.63, 3.8) is 0 Å². The zero-order valence-corrected chi connectivity index (χ0v) is 8.71. The molecule has 0 radical (unpaired) electrons. The Morgan fingerprint density at radius 2 is 1.79 bits per heavy atom. The van der Waals surface area contributed by atoms with E-state index in [-0.39, 0.29) is 5.82 Å². The Hall–Kier alpha value is -0.930. The van der Waals surface area contributed by atoms with E-state index in [9.17, 15) is 9.50 Å². The molecule has 1 aromatic carbocycles. The molecule has 0 saturated heterocycles. The van der Waals surface area contributed by atoms with Crippen molar-refractivity contribution < 1.29 is 9.50 Å². The molecule has 3 N–H and O–H groups in total. The second-order valence-corrected chi connectivity index (χ2v) is 3.73. The van der Waals surface area contributed by atoms with Gasteiger partial charge in [0.15, 0.2) is 0 Å². The Kier molecular flexibility index (Phi) is 3.24. The molecule has 0 saturated carbocycles. The van der Waals surface area contributed by atoms with Gasteiger partial charge in [0, 0.05) is 11.6 Å². The SMILES string of the molecule is Cc1ccc(C)c(C(O)C(C)N)c1F. The molecule has 2 unspecified atom stereocenters. The Morgan fingerprint density at radius 3 is 2.29 bits per heavy atom.